The van der Waals surface area contributed by atoms with Gasteiger partial charge in [0.1, 0.15) is 11.4 Å². The van der Waals surface area contributed by atoms with Crippen LogP contribution in [0.1, 0.15) is 11.1 Å². The third-order valence-electron chi connectivity index (χ3n) is 17.9. The number of nitrogens with two attached hydrogens (primary N) is 6. The number of nitrogens with zero attached hydrogens (tertiary/aromatic N) is 20. The lowest BCUT2D eigenvalue weighted by Gasteiger charge is -2.13. The molecule has 18 rings (SSSR count). The first-order valence-corrected chi connectivity index (χ1v) is 46.8. The van der Waals surface area contributed by atoms with Crippen LogP contribution in [-0.4, -0.2) is 99.7 Å². The molecule has 18 aromatic rings. The number of aromatic nitrogens is 20. The second-order valence-electron chi connectivity index (χ2n) is 27.5. The van der Waals surface area contributed by atoms with Gasteiger partial charge in [0.25, 0.3) is 0 Å². The summed E-state index contributed by atoms with van der Waals surface area (Å²) in [6, 6.07) is 89.2. The summed E-state index contributed by atoms with van der Waals surface area (Å²) in [4.78, 5) is 93.4. The average molecular weight is 1910 g/mol. The number of benzene rings is 10. The first kappa shape index (κ1) is 88.5. The van der Waals surface area contributed by atoms with Gasteiger partial charge in [0.15, 0.2) is 34.9 Å². The maximum atomic E-state index is 6.17. The summed E-state index contributed by atoms with van der Waals surface area (Å²) in [7, 11) is 9.44. The van der Waals surface area contributed by atoms with Crippen molar-refractivity contribution in [3.63, 3.8) is 0 Å². The molecule has 0 amide bonds. The molecule has 0 aliphatic carbocycles. The van der Waals surface area contributed by atoms with E-state index >= 15 is 0 Å². The number of aryl methyl sites for hydroxylation is 2. The van der Waals surface area contributed by atoms with Crippen molar-refractivity contribution in [2.24, 2.45) is 0 Å². The molecule has 40 heteroatoms. The normalized spacial score (nSPS) is 10.8. The summed E-state index contributed by atoms with van der Waals surface area (Å²) in [6.07, 6.45) is 3.35. The molecule has 0 saturated carbocycles. The highest BCUT2D eigenvalue weighted by molar-refractivity contribution is 9.10. The number of nitrogen functional groups attached to an aromatic ring is 6. The Hall–Kier alpha value is -15.0. The van der Waals surface area contributed by atoms with Crippen molar-refractivity contribution in [1.29, 1.82) is 0 Å². The van der Waals surface area contributed by atoms with Crippen LogP contribution in [0.25, 0.3) is 68.6 Å². The number of hydrogen-bond acceptors (Lipinski definition) is 38. The summed E-state index contributed by atoms with van der Waals surface area (Å²) in [5.41, 5.74) is 47.8. The molecule has 0 atom stereocenters. The van der Waals surface area contributed by atoms with E-state index in [2.05, 4.69) is 148 Å². The van der Waals surface area contributed by atoms with Crippen molar-refractivity contribution in [3.05, 3.63) is 312 Å². The fourth-order valence-corrected chi connectivity index (χ4v) is 19.5. The quantitative estimate of drug-likeness (QED) is 0.0213. The van der Waals surface area contributed by atoms with Gasteiger partial charge in [0, 0.05) is 73.5 Å². The molecular formula is C90H72BrClN32S6. The second-order valence-corrected chi connectivity index (χ2v) is 35.5. The van der Waals surface area contributed by atoms with Crippen LogP contribution in [0.2, 0.25) is 5.02 Å². The van der Waals surface area contributed by atoms with Crippen molar-refractivity contribution < 1.29 is 0 Å². The average Bonchev–Trinajstić information content (AvgIpc) is 0.832. The summed E-state index contributed by atoms with van der Waals surface area (Å²) >= 11 is 9.66. The van der Waals surface area contributed by atoms with Crippen LogP contribution >= 0.6 is 92.3 Å². The van der Waals surface area contributed by atoms with E-state index in [1.54, 1.807) is 89.3 Å². The van der Waals surface area contributed by atoms with E-state index in [0.717, 1.165) is 101 Å². The zero-order chi connectivity index (χ0) is 89.7. The minimum absolute atomic E-state index is 0.0952. The van der Waals surface area contributed by atoms with Crippen LogP contribution < -0.4 is 66.3 Å². The highest BCUT2D eigenvalue weighted by Gasteiger charge is 2.20. The van der Waals surface area contributed by atoms with Gasteiger partial charge in [0.2, 0.25) is 71.4 Å². The van der Waals surface area contributed by atoms with Gasteiger partial charge in [-0.1, -0.05) is 249 Å². The van der Waals surface area contributed by atoms with Crippen LogP contribution in [-0.2, 0) is 0 Å². The van der Waals surface area contributed by atoms with Crippen molar-refractivity contribution in [3.8, 4) is 68.6 Å². The Balaban J connectivity index is 0.000000143. The molecule has 8 aromatic heterocycles. The lowest BCUT2D eigenvalue weighted by molar-refractivity contribution is 1.06. The number of para-hydroxylation sites is 6. The molecule has 8 heterocycles. The van der Waals surface area contributed by atoms with E-state index in [1.807, 2.05) is 281 Å². The van der Waals surface area contributed by atoms with Crippen molar-refractivity contribution in [1.82, 2.24) is 99.7 Å². The predicted octanol–water partition coefficient (Wildman–Crippen LogP) is 21.3. The lowest BCUT2D eigenvalue weighted by Crippen LogP contribution is -2.06. The van der Waals surface area contributed by atoms with E-state index in [4.69, 9.17) is 46.0 Å². The van der Waals surface area contributed by atoms with Gasteiger partial charge in [-0.3, -0.25) is 9.97 Å². The van der Waals surface area contributed by atoms with Crippen LogP contribution in [0.3, 0.4) is 0 Å². The maximum absolute atomic E-state index is 6.17. The first-order valence-electron chi connectivity index (χ1n) is 39.2. The molecule has 18 N–H and O–H groups in total. The van der Waals surface area contributed by atoms with E-state index in [9.17, 15) is 0 Å². The van der Waals surface area contributed by atoms with Gasteiger partial charge >= 0.3 is 0 Å². The Morgan fingerprint density at radius 3 is 0.738 bits per heavy atom. The fraction of sp³-hybridized carbons (Fsp3) is 0.0222. The van der Waals surface area contributed by atoms with Gasteiger partial charge in [-0.25, -0.2) is 0 Å². The number of anilines is 18. The highest BCUT2D eigenvalue weighted by Crippen LogP contribution is 2.48. The number of halogens is 2. The molecule has 0 unspecified atom stereocenters. The SMILES string of the molecule is Cc1cccc(-c2nc(N)nc(Nc3ccccc3SSc3ccccc3Nc3nc(N)nc(-c4cccc(Br)c4)n3)n2)c1.Cc1cccc(-c2nc(N)nc(Nc3ccccc3SSc3ccccc3Nc3nc(N)nc(-c4cccc(Cl)c4)n3)n2)c1.Nc1nc(Nc2ccccc2SSc2ccccc2Nc2nc(N)nc(-c3ccccn3)n2)nc(-c2ccccn2)n1. The third kappa shape index (κ3) is 24.2. The Morgan fingerprint density at radius 1 is 0.238 bits per heavy atom. The zero-order valence-electron chi connectivity index (χ0n) is 68.3. The fourth-order valence-electron chi connectivity index (χ4n) is 12.1. The highest BCUT2D eigenvalue weighted by atomic mass is 79.9. The minimum atomic E-state index is 0.0952. The molecule has 10 aromatic carbocycles. The van der Waals surface area contributed by atoms with Gasteiger partial charge in [-0.15, -0.1) is 0 Å². The van der Waals surface area contributed by atoms with Crippen LogP contribution in [0.15, 0.2) is 325 Å². The third-order valence-corrected chi connectivity index (χ3v) is 26.1. The molecule has 0 fully saturated rings. The lowest BCUT2D eigenvalue weighted by atomic mass is 10.1. The summed E-state index contributed by atoms with van der Waals surface area (Å²) in [6.45, 7) is 4.04. The molecule has 0 bridgehead atoms. The molecular weight excluding hydrogens is 1840 g/mol. The van der Waals surface area contributed by atoms with E-state index < -0.39 is 0 Å². The van der Waals surface area contributed by atoms with Crippen molar-refractivity contribution >= 4 is 198 Å². The molecule has 642 valence electrons. The number of rotatable bonds is 27. The Kier molecular flexibility index (Phi) is 29.0. The number of pyridine rings is 2. The number of nitrogens with one attached hydrogen (secondary N) is 6. The summed E-state index contributed by atoms with van der Waals surface area (Å²) in [5, 5.41) is 20.4. The van der Waals surface area contributed by atoms with E-state index in [1.165, 1.54) is 0 Å². The topological polar surface area (TPSA) is 486 Å². The molecule has 0 saturated heterocycles. The standard InChI is InChI=1S/C31H25BrN10S2.C31H25ClN10S2.C28H22N12S2/c2*1-18-8-6-9-19(16-18)26-37-28(33)41-30(39-26)35-22-12-2-4-14-24(22)43-44-25-15-5-3-13-23(25)36-31-40-27(38-29(34)42-31)20-10-7-11-21(32)17-20;29-25-35-23(19-11-5-7-15-31-19)37-27(39-25)33-17-9-1-3-13-21(17)41-42-22-14-4-2-10-18(22)34-28-38-24(36-26(30)40-28)20-12-6-8-16-32-20/h2*2-17H,1H3,(H3,33,35,37,39,41)(H3,34,36,38,40,42);1-16H,(H3,29,33,35,37,39)(H3,30,34,36,38,40). The second kappa shape index (κ2) is 42.6. The minimum Gasteiger partial charge on any atom is -0.368 e. The smallest absolute Gasteiger partial charge is 0.232 e. The van der Waals surface area contributed by atoms with Crippen molar-refractivity contribution in [2.75, 3.05) is 66.3 Å². The maximum Gasteiger partial charge on any atom is 0.232 e. The molecule has 130 heavy (non-hydrogen) atoms. The van der Waals surface area contributed by atoms with Crippen LogP contribution in [0.5, 0.6) is 0 Å². The van der Waals surface area contributed by atoms with Gasteiger partial charge in [-0.2, -0.15) is 89.7 Å². The Labute approximate surface area is 781 Å². The Bertz CT molecular complexity index is 6360. The van der Waals surface area contributed by atoms with Crippen LogP contribution in [0.4, 0.5) is 106 Å². The zero-order valence-corrected chi connectivity index (χ0v) is 75.6. The van der Waals surface area contributed by atoms with Crippen LogP contribution in [0, 0.1) is 13.8 Å². The number of hydrogen-bond donors (Lipinski definition) is 12. The molecule has 32 nitrogen and oxygen atoms in total. The molecule has 0 aliphatic heterocycles. The van der Waals surface area contributed by atoms with Gasteiger partial charge in [-0.05, 0) is 147 Å². The van der Waals surface area contributed by atoms with Gasteiger partial charge in [0.05, 0.1) is 34.1 Å². The largest absolute Gasteiger partial charge is 0.368 e. The van der Waals surface area contributed by atoms with E-state index in [-0.39, 0.29) is 35.7 Å². The van der Waals surface area contributed by atoms with Gasteiger partial charge < -0.3 is 66.3 Å². The molecule has 0 spiro atoms. The summed E-state index contributed by atoms with van der Waals surface area (Å²) in [5.74, 6) is 5.40. The Morgan fingerprint density at radius 2 is 0.477 bits per heavy atom. The molecule has 0 aliphatic rings. The first-order chi connectivity index (χ1) is 63.4. The van der Waals surface area contributed by atoms with Crippen molar-refractivity contribution in [2.45, 2.75) is 43.2 Å². The van der Waals surface area contributed by atoms with E-state index in [0.29, 0.717) is 87.0 Å². The predicted molar refractivity (Wildman–Crippen MR) is 529 cm³/mol. The molecule has 0 radical (unpaired) electrons. The summed E-state index contributed by atoms with van der Waals surface area (Å²) < 4.78 is 0.919. The monoisotopic (exact) mass is 1910 g/mol.